The van der Waals surface area contributed by atoms with E-state index in [1.54, 1.807) is 6.07 Å². The molecule has 2 aliphatic carbocycles. The number of rotatable bonds is 3. The van der Waals surface area contributed by atoms with E-state index >= 15 is 0 Å². The Morgan fingerprint density at radius 3 is 2.29 bits per heavy atom. The van der Waals surface area contributed by atoms with Crippen LogP contribution in [0.5, 0.6) is 0 Å². The van der Waals surface area contributed by atoms with Gasteiger partial charge in [-0.1, -0.05) is 37.3 Å². The maximum absolute atomic E-state index is 14.4. The van der Waals surface area contributed by atoms with E-state index < -0.39 is 0 Å². The normalized spacial score (nSPS) is 24.0. The van der Waals surface area contributed by atoms with E-state index in [1.165, 1.54) is 30.6 Å². The van der Waals surface area contributed by atoms with Crippen LogP contribution in [0.2, 0.25) is 0 Å². The minimum Gasteiger partial charge on any atom is -0.296 e. The number of halogens is 1. The van der Waals surface area contributed by atoms with Gasteiger partial charge in [-0.3, -0.25) is 4.90 Å². The summed E-state index contributed by atoms with van der Waals surface area (Å²) in [6.07, 6.45) is 4.68. The van der Waals surface area contributed by atoms with Gasteiger partial charge in [0.05, 0.1) is 0 Å². The summed E-state index contributed by atoms with van der Waals surface area (Å²) in [7, 11) is 0. The van der Waals surface area contributed by atoms with Crippen LogP contribution < -0.4 is 0 Å². The molecule has 1 unspecified atom stereocenters. The highest BCUT2D eigenvalue weighted by Gasteiger charge is 2.34. The number of hydrogen-bond acceptors (Lipinski definition) is 1. The largest absolute Gasteiger partial charge is 0.296 e. The Labute approximate surface area is 143 Å². The smallest absolute Gasteiger partial charge is 0.127 e. The van der Waals surface area contributed by atoms with E-state index in [-0.39, 0.29) is 5.82 Å². The van der Waals surface area contributed by atoms with Crippen LogP contribution in [0.3, 0.4) is 0 Å². The Morgan fingerprint density at radius 2 is 1.62 bits per heavy atom. The summed E-state index contributed by atoms with van der Waals surface area (Å²) in [5.74, 6) is 1.29. The van der Waals surface area contributed by atoms with Gasteiger partial charge in [0.2, 0.25) is 0 Å². The molecule has 0 spiro atoms. The molecule has 1 nitrogen and oxygen atoms in total. The predicted octanol–water partition coefficient (Wildman–Crippen LogP) is 5.31. The Morgan fingerprint density at radius 1 is 0.917 bits per heavy atom. The fourth-order valence-corrected chi connectivity index (χ4v) is 4.59. The van der Waals surface area contributed by atoms with Gasteiger partial charge in [0.1, 0.15) is 5.82 Å². The summed E-state index contributed by atoms with van der Waals surface area (Å²) in [5.41, 5.74) is 6.05. The quantitative estimate of drug-likeness (QED) is 0.740. The maximum atomic E-state index is 14.4. The van der Waals surface area contributed by atoms with E-state index in [1.807, 2.05) is 6.07 Å². The van der Waals surface area contributed by atoms with Crippen molar-refractivity contribution in [2.75, 3.05) is 13.1 Å². The highest BCUT2D eigenvalue weighted by molar-refractivity contribution is 5.66. The Bertz CT molecular complexity index is 787. The van der Waals surface area contributed by atoms with Crippen molar-refractivity contribution in [3.05, 3.63) is 58.9 Å². The first-order valence-electron chi connectivity index (χ1n) is 9.36. The number of likely N-dealkylation sites (tertiary alicyclic amines) is 1. The predicted molar refractivity (Wildman–Crippen MR) is 95.6 cm³/mol. The van der Waals surface area contributed by atoms with Crippen molar-refractivity contribution >= 4 is 0 Å². The molecule has 1 heterocycles. The topological polar surface area (TPSA) is 3.24 Å². The van der Waals surface area contributed by atoms with Crippen LogP contribution in [0.25, 0.3) is 11.1 Å². The van der Waals surface area contributed by atoms with Crippen LogP contribution in [0.4, 0.5) is 4.39 Å². The van der Waals surface area contributed by atoms with E-state index in [9.17, 15) is 4.39 Å². The molecular formula is C22H24FN. The molecule has 1 aliphatic heterocycles. The SMILES string of the molecule is CC1CN(C2CCc3cc(-c4ccc(C5CC5)c(F)c4)ccc32)C1. The number of nitrogens with zero attached hydrogens (tertiary/aromatic N) is 1. The van der Waals surface area contributed by atoms with Crippen LogP contribution in [-0.2, 0) is 6.42 Å². The Balaban J connectivity index is 1.43. The van der Waals surface area contributed by atoms with Crippen molar-refractivity contribution in [1.82, 2.24) is 4.90 Å². The molecule has 0 N–H and O–H groups in total. The second-order valence-electron chi connectivity index (χ2n) is 8.04. The van der Waals surface area contributed by atoms with E-state index in [4.69, 9.17) is 0 Å². The van der Waals surface area contributed by atoms with Crippen LogP contribution in [0, 0.1) is 11.7 Å². The van der Waals surface area contributed by atoms with Gasteiger partial charge >= 0.3 is 0 Å². The zero-order valence-corrected chi connectivity index (χ0v) is 14.3. The van der Waals surface area contributed by atoms with Gasteiger partial charge in [0, 0.05) is 19.1 Å². The lowest BCUT2D eigenvalue weighted by atomic mass is 9.95. The summed E-state index contributed by atoms with van der Waals surface area (Å²) >= 11 is 0. The van der Waals surface area contributed by atoms with Crippen molar-refractivity contribution in [1.29, 1.82) is 0 Å². The molecule has 1 saturated heterocycles. The molecule has 3 aliphatic rings. The standard InChI is InChI=1S/C22H24FN/c1-14-12-24(13-14)22-9-6-18-10-16(5-8-20(18)22)17-4-7-19(15-2-3-15)21(23)11-17/h4-5,7-8,10-11,14-15,22H,2-3,6,9,12-13H2,1H3. The van der Waals surface area contributed by atoms with Crippen LogP contribution in [0.15, 0.2) is 36.4 Å². The zero-order chi connectivity index (χ0) is 16.3. The monoisotopic (exact) mass is 321 g/mol. The molecule has 0 bridgehead atoms. The Kier molecular flexibility index (Phi) is 3.31. The summed E-state index contributed by atoms with van der Waals surface area (Å²) in [5, 5.41) is 0. The minimum atomic E-state index is -0.0251. The average Bonchev–Trinajstić information content (AvgIpc) is 3.31. The lowest BCUT2D eigenvalue weighted by Gasteiger charge is -2.42. The van der Waals surface area contributed by atoms with Gasteiger partial charge in [-0.05, 0) is 71.4 Å². The fraction of sp³-hybridized carbons (Fsp3) is 0.455. The van der Waals surface area contributed by atoms with Gasteiger partial charge in [0.15, 0.2) is 0 Å². The van der Waals surface area contributed by atoms with E-state index in [0.717, 1.165) is 41.9 Å². The molecule has 1 atom stereocenters. The molecule has 5 rings (SSSR count). The second-order valence-corrected chi connectivity index (χ2v) is 8.04. The number of aryl methyl sites for hydroxylation is 1. The molecule has 124 valence electrons. The molecule has 2 aromatic rings. The third-order valence-electron chi connectivity index (χ3n) is 6.07. The van der Waals surface area contributed by atoms with Gasteiger partial charge in [-0.25, -0.2) is 4.39 Å². The minimum absolute atomic E-state index is 0.0251. The molecule has 1 saturated carbocycles. The first kappa shape index (κ1) is 14.7. The molecule has 2 aromatic carbocycles. The molecule has 0 radical (unpaired) electrons. The molecule has 24 heavy (non-hydrogen) atoms. The van der Waals surface area contributed by atoms with Crippen LogP contribution >= 0.6 is 0 Å². The first-order chi connectivity index (χ1) is 11.7. The molecule has 0 aromatic heterocycles. The van der Waals surface area contributed by atoms with Crippen LogP contribution in [0.1, 0.15) is 54.8 Å². The third-order valence-corrected chi connectivity index (χ3v) is 6.07. The first-order valence-corrected chi connectivity index (χ1v) is 9.36. The highest BCUT2D eigenvalue weighted by Crippen LogP contribution is 2.43. The summed E-state index contributed by atoms with van der Waals surface area (Å²) in [6.45, 7) is 4.80. The highest BCUT2D eigenvalue weighted by atomic mass is 19.1. The van der Waals surface area contributed by atoms with Gasteiger partial charge < -0.3 is 0 Å². The lowest BCUT2D eigenvalue weighted by molar-refractivity contribution is 0.0624. The second kappa shape index (κ2) is 5.42. The Hall–Kier alpha value is -1.67. The van der Waals surface area contributed by atoms with Gasteiger partial charge in [-0.15, -0.1) is 0 Å². The third kappa shape index (κ3) is 2.39. The zero-order valence-electron chi connectivity index (χ0n) is 14.3. The molecule has 2 heteroatoms. The lowest BCUT2D eigenvalue weighted by Crippen LogP contribution is -2.46. The van der Waals surface area contributed by atoms with E-state index in [2.05, 4.69) is 36.1 Å². The molecule has 2 fully saturated rings. The number of benzene rings is 2. The molecular weight excluding hydrogens is 297 g/mol. The average molecular weight is 321 g/mol. The van der Waals surface area contributed by atoms with Crippen LogP contribution in [-0.4, -0.2) is 18.0 Å². The van der Waals surface area contributed by atoms with E-state index in [0.29, 0.717) is 12.0 Å². The summed E-state index contributed by atoms with van der Waals surface area (Å²) in [6, 6.07) is 13.2. The van der Waals surface area contributed by atoms with Crippen molar-refractivity contribution in [3.63, 3.8) is 0 Å². The molecule has 0 amide bonds. The fourth-order valence-electron chi connectivity index (χ4n) is 4.59. The number of fused-ring (bicyclic) bond motifs is 1. The number of hydrogen-bond donors (Lipinski definition) is 0. The van der Waals surface area contributed by atoms with Crippen molar-refractivity contribution in [2.24, 2.45) is 5.92 Å². The van der Waals surface area contributed by atoms with Crippen molar-refractivity contribution in [3.8, 4) is 11.1 Å². The van der Waals surface area contributed by atoms with Gasteiger partial charge in [-0.2, -0.15) is 0 Å². The maximum Gasteiger partial charge on any atom is 0.127 e. The van der Waals surface area contributed by atoms with Gasteiger partial charge in [0.25, 0.3) is 0 Å². The summed E-state index contributed by atoms with van der Waals surface area (Å²) in [4.78, 5) is 2.61. The summed E-state index contributed by atoms with van der Waals surface area (Å²) < 4.78 is 14.4. The van der Waals surface area contributed by atoms with Crippen molar-refractivity contribution in [2.45, 2.75) is 44.6 Å². The van der Waals surface area contributed by atoms with Crippen molar-refractivity contribution < 1.29 is 4.39 Å².